The highest BCUT2D eigenvalue weighted by Gasteiger charge is 2.26. The van der Waals surface area contributed by atoms with E-state index in [2.05, 4.69) is 0 Å². The molecular weight excluding hydrogens is 234 g/mol. The third-order valence-electron chi connectivity index (χ3n) is 2.38. The smallest absolute Gasteiger partial charge is 0.277 e. The van der Waals surface area contributed by atoms with Crippen LogP contribution in [0.25, 0.3) is 0 Å². The van der Waals surface area contributed by atoms with Crippen molar-refractivity contribution < 1.29 is 17.9 Å². The molecule has 1 aliphatic rings. The van der Waals surface area contributed by atoms with Gasteiger partial charge < -0.3 is 9.64 Å². The van der Waals surface area contributed by atoms with Crippen LogP contribution in [0, 0.1) is 0 Å². The SMILES string of the molecule is CCOCC(=O)N1CCN(S(N)(=O)=O)CC1. The van der Waals surface area contributed by atoms with Gasteiger partial charge in [0, 0.05) is 32.8 Å². The molecule has 16 heavy (non-hydrogen) atoms. The quantitative estimate of drug-likeness (QED) is 0.649. The number of hydrogen-bond acceptors (Lipinski definition) is 4. The molecule has 1 aliphatic heterocycles. The first-order valence-electron chi connectivity index (χ1n) is 5.08. The highest BCUT2D eigenvalue weighted by molar-refractivity contribution is 7.86. The highest BCUT2D eigenvalue weighted by Crippen LogP contribution is 2.04. The number of nitrogens with zero attached hydrogens (tertiary/aromatic N) is 2. The van der Waals surface area contributed by atoms with Gasteiger partial charge >= 0.3 is 0 Å². The minimum atomic E-state index is -3.63. The van der Waals surface area contributed by atoms with Crippen LogP contribution in [-0.4, -0.2) is 62.9 Å². The van der Waals surface area contributed by atoms with Gasteiger partial charge in [0.25, 0.3) is 10.2 Å². The molecular formula is C8H17N3O4S. The van der Waals surface area contributed by atoms with Crippen LogP contribution in [0.15, 0.2) is 0 Å². The first-order chi connectivity index (χ1) is 7.45. The lowest BCUT2D eigenvalue weighted by atomic mass is 10.3. The van der Waals surface area contributed by atoms with E-state index in [0.717, 1.165) is 4.31 Å². The molecule has 0 atom stereocenters. The molecule has 0 aromatic heterocycles. The fourth-order valence-electron chi connectivity index (χ4n) is 1.47. The zero-order chi connectivity index (χ0) is 12.2. The summed E-state index contributed by atoms with van der Waals surface area (Å²) in [6.45, 7) is 3.57. The number of hydrogen-bond donors (Lipinski definition) is 1. The van der Waals surface area contributed by atoms with E-state index in [9.17, 15) is 13.2 Å². The van der Waals surface area contributed by atoms with Crippen LogP contribution in [0.5, 0.6) is 0 Å². The van der Waals surface area contributed by atoms with Crippen LogP contribution in [0.4, 0.5) is 0 Å². The molecule has 0 spiro atoms. The van der Waals surface area contributed by atoms with E-state index in [0.29, 0.717) is 19.7 Å². The van der Waals surface area contributed by atoms with Crippen molar-refractivity contribution in [2.75, 3.05) is 39.4 Å². The molecule has 1 heterocycles. The zero-order valence-electron chi connectivity index (χ0n) is 9.26. The molecule has 1 rings (SSSR count). The van der Waals surface area contributed by atoms with Crippen molar-refractivity contribution in [3.8, 4) is 0 Å². The number of rotatable bonds is 4. The van der Waals surface area contributed by atoms with E-state index in [1.54, 1.807) is 4.90 Å². The Kier molecular flexibility index (Phi) is 4.66. The number of amides is 1. The number of nitrogens with two attached hydrogens (primary N) is 1. The monoisotopic (exact) mass is 251 g/mol. The van der Waals surface area contributed by atoms with E-state index in [-0.39, 0.29) is 25.6 Å². The van der Waals surface area contributed by atoms with Gasteiger partial charge in [0.2, 0.25) is 5.91 Å². The van der Waals surface area contributed by atoms with E-state index in [1.165, 1.54) is 0 Å². The summed E-state index contributed by atoms with van der Waals surface area (Å²) in [7, 11) is -3.63. The Labute approximate surface area is 95.3 Å². The lowest BCUT2D eigenvalue weighted by Crippen LogP contribution is -2.52. The summed E-state index contributed by atoms with van der Waals surface area (Å²) in [6.07, 6.45) is 0. The van der Waals surface area contributed by atoms with E-state index in [1.807, 2.05) is 6.92 Å². The van der Waals surface area contributed by atoms with Gasteiger partial charge in [-0.25, -0.2) is 5.14 Å². The van der Waals surface area contributed by atoms with Crippen molar-refractivity contribution in [1.82, 2.24) is 9.21 Å². The predicted octanol–water partition coefficient (Wildman–Crippen LogP) is -1.63. The minimum absolute atomic E-state index is 0.0475. The lowest BCUT2D eigenvalue weighted by Gasteiger charge is -2.32. The fourth-order valence-corrected chi connectivity index (χ4v) is 2.14. The molecule has 94 valence electrons. The molecule has 0 bridgehead atoms. The van der Waals surface area contributed by atoms with Gasteiger partial charge in [-0.05, 0) is 6.92 Å². The molecule has 0 aliphatic carbocycles. The molecule has 0 aromatic rings. The molecule has 2 N–H and O–H groups in total. The van der Waals surface area contributed by atoms with Crippen LogP contribution >= 0.6 is 0 Å². The van der Waals surface area contributed by atoms with Crippen molar-refractivity contribution in [2.45, 2.75) is 6.92 Å². The summed E-state index contributed by atoms with van der Waals surface area (Å²) in [4.78, 5) is 13.1. The van der Waals surface area contributed by atoms with Crippen molar-refractivity contribution >= 4 is 16.1 Å². The maximum atomic E-state index is 11.5. The molecule has 1 amide bonds. The third kappa shape index (κ3) is 3.71. The van der Waals surface area contributed by atoms with E-state index < -0.39 is 10.2 Å². The van der Waals surface area contributed by atoms with Gasteiger partial charge in [0.05, 0.1) is 0 Å². The topological polar surface area (TPSA) is 92.9 Å². The molecule has 0 unspecified atom stereocenters. The Hall–Kier alpha value is -0.700. The average Bonchev–Trinajstić information content (AvgIpc) is 2.25. The molecule has 7 nitrogen and oxygen atoms in total. The van der Waals surface area contributed by atoms with Crippen molar-refractivity contribution in [1.29, 1.82) is 0 Å². The maximum absolute atomic E-state index is 11.5. The number of ether oxygens (including phenoxy) is 1. The Bertz CT molecular complexity index is 335. The first-order valence-corrected chi connectivity index (χ1v) is 6.59. The summed E-state index contributed by atoms with van der Waals surface area (Å²) in [5.41, 5.74) is 0. The lowest BCUT2D eigenvalue weighted by molar-refractivity contribution is -0.137. The van der Waals surface area contributed by atoms with Crippen LogP contribution < -0.4 is 5.14 Å². The average molecular weight is 251 g/mol. The number of carbonyl (C=O) groups is 1. The van der Waals surface area contributed by atoms with Crippen molar-refractivity contribution in [3.05, 3.63) is 0 Å². The van der Waals surface area contributed by atoms with Crippen LogP contribution in [0.2, 0.25) is 0 Å². The molecule has 0 saturated carbocycles. The molecule has 0 aromatic carbocycles. The van der Waals surface area contributed by atoms with Gasteiger partial charge in [-0.15, -0.1) is 0 Å². The van der Waals surface area contributed by atoms with Gasteiger partial charge in [0.15, 0.2) is 0 Å². The summed E-state index contributed by atoms with van der Waals surface area (Å²) >= 11 is 0. The Balaban J connectivity index is 2.40. The Morgan fingerprint density at radius 1 is 1.31 bits per heavy atom. The Morgan fingerprint density at radius 2 is 1.88 bits per heavy atom. The molecule has 8 heteroatoms. The van der Waals surface area contributed by atoms with Gasteiger partial charge in [0.1, 0.15) is 6.61 Å². The molecule has 1 saturated heterocycles. The van der Waals surface area contributed by atoms with Gasteiger partial charge in [-0.1, -0.05) is 0 Å². The Morgan fingerprint density at radius 3 is 2.31 bits per heavy atom. The number of carbonyl (C=O) groups excluding carboxylic acids is 1. The standard InChI is InChI=1S/C8H17N3O4S/c1-2-15-7-8(12)10-3-5-11(6-4-10)16(9,13)14/h2-7H2,1H3,(H2,9,13,14). The second-order valence-electron chi connectivity index (χ2n) is 3.46. The van der Waals surface area contributed by atoms with Crippen LogP contribution in [-0.2, 0) is 19.7 Å². The fraction of sp³-hybridized carbons (Fsp3) is 0.875. The maximum Gasteiger partial charge on any atom is 0.277 e. The van der Waals surface area contributed by atoms with E-state index >= 15 is 0 Å². The second-order valence-corrected chi connectivity index (χ2v) is 5.01. The zero-order valence-corrected chi connectivity index (χ0v) is 10.1. The van der Waals surface area contributed by atoms with Gasteiger partial charge in [-0.2, -0.15) is 12.7 Å². The van der Waals surface area contributed by atoms with Crippen LogP contribution in [0.1, 0.15) is 6.92 Å². The largest absolute Gasteiger partial charge is 0.372 e. The minimum Gasteiger partial charge on any atom is -0.372 e. The first kappa shape index (κ1) is 13.4. The molecule has 0 radical (unpaired) electrons. The normalized spacial score (nSPS) is 18.8. The van der Waals surface area contributed by atoms with E-state index in [4.69, 9.17) is 9.88 Å². The number of piperazine rings is 1. The summed E-state index contributed by atoms with van der Waals surface area (Å²) in [5, 5.41) is 4.98. The summed E-state index contributed by atoms with van der Waals surface area (Å²) in [5.74, 6) is -0.115. The molecule has 1 fully saturated rings. The summed E-state index contributed by atoms with van der Waals surface area (Å²) < 4.78 is 28.2. The van der Waals surface area contributed by atoms with Crippen LogP contribution in [0.3, 0.4) is 0 Å². The van der Waals surface area contributed by atoms with Crippen molar-refractivity contribution in [2.24, 2.45) is 5.14 Å². The van der Waals surface area contributed by atoms with Gasteiger partial charge in [-0.3, -0.25) is 4.79 Å². The third-order valence-corrected chi connectivity index (χ3v) is 3.47. The van der Waals surface area contributed by atoms with Crippen molar-refractivity contribution in [3.63, 3.8) is 0 Å². The highest BCUT2D eigenvalue weighted by atomic mass is 32.2. The summed E-state index contributed by atoms with van der Waals surface area (Å²) in [6, 6.07) is 0. The predicted molar refractivity (Wildman–Crippen MR) is 57.8 cm³/mol. The second kappa shape index (κ2) is 5.58.